The summed E-state index contributed by atoms with van der Waals surface area (Å²) in [5.74, 6) is 0.259. The lowest BCUT2D eigenvalue weighted by atomic mass is 9.64. The van der Waals surface area contributed by atoms with Gasteiger partial charge in [0.25, 0.3) is 0 Å². The molecule has 3 atom stereocenters. The van der Waals surface area contributed by atoms with Crippen molar-refractivity contribution in [2.75, 3.05) is 0 Å². The van der Waals surface area contributed by atoms with E-state index in [0.29, 0.717) is 17.9 Å². The Morgan fingerprint density at radius 1 is 1.18 bits per heavy atom. The first kappa shape index (κ1) is 10.7. The number of hydrogen-bond donors (Lipinski definition) is 1. The number of benzene rings is 1. The highest BCUT2D eigenvalue weighted by Crippen LogP contribution is 2.44. The van der Waals surface area contributed by atoms with Crippen LogP contribution in [0.1, 0.15) is 29.6 Å². The van der Waals surface area contributed by atoms with Crippen LogP contribution < -0.4 is 0 Å². The zero-order valence-corrected chi connectivity index (χ0v) is 9.67. The Bertz CT molecular complexity index is 463. The minimum atomic E-state index is -1.17. The Balaban J connectivity index is 1.94. The van der Waals surface area contributed by atoms with E-state index in [1.54, 1.807) is 12.1 Å². The third kappa shape index (κ3) is 1.64. The number of Topliss-reactive ketones (excluding diaryl/α,β-unsaturated/α-hetero) is 1. The van der Waals surface area contributed by atoms with Crippen LogP contribution in [-0.2, 0) is 0 Å². The Kier molecular flexibility index (Phi) is 2.40. The van der Waals surface area contributed by atoms with E-state index in [0.717, 1.165) is 12.8 Å². The van der Waals surface area contributed by atoms with E-state index in [4.69, 9.17) is 0 Å². The molecule has 0 unspecified atom stereocenters. The molecule has 88 valence electrons. The minimum absolute atomic E-state index is 0.000191. The first-order chi connectivity index (χ1) is 8.20. The summed E-state index contributed by atoms with van der Waals surface area (Å²) in [6.07, 6.45) is 6.79. The highest BCUT2D eigenvalue weighted by molar-refractivity contribution is 6.02. The van der Waals surface area contributed by atoms with Crippen molar-refractivity contribution in [3.8, 4) is 0 Å². The normalized spacial score (nSPS) is 34.9. The first-order valence-electron chi connectivity index (χ1n) is 6.21. The van der Waals surface area contributed by atoms with Gasteiger partial charge in [-0.25, -0.2) is 0 Å². The third-order valence-electron chi connectivity index (χ3n) is 4.08. The lowest BCUT2D eigenvalue weighted by Gasteiger charge is -2.43. The Labute approximate surface area is 101 Å². The average molecular weight is 228 g/mol. The van der Waals surface area contributed by atoms with Crippen LogP contribution >= 0.6 is 0 Å². The smallest absolute Gasteiger partial charge is 0.194 e. The molecule has 3 aliphatic rings. The van der Waals surface area contributed by atoms with Crippen LogP contribution in [0.2, 0.25) is 0 Å². The summed E-state index contributed by atoms with van der Waals surface area (Å²) in [4.78, 5) is 12.4. The minimum Gasteiger partial charge on any atom is -0.381 e. The predicted molar refractivity (Wildman–Crippen MR) is 65.7 cm³/mol. The molecule has 1 aromatic carbocycles. The molecule has 1 saturated carbocycles. The van der Waals surface area contributed by atoms with Crippen molar-refractivity contribution < 1.29 is 9.90 Å². The second kappa shape index (κ2) is 3.81. The molecule has 2 heteroatoms. The van der Waals surface area contributed by atoms with E-state index in [9.17, 15) is 9.90 Å². The molecule has 4 rings (SSSR count). The van der Waals surface area contributed by atoms with Crippen LogP contribution in [0.15, 0.2) is 42.5 Å². The van der Waals surface area contributed by atoms with Crippen LogP contribution in [-0.4, -0.2) is 16.5 Å². The van der Waals surface area contributed by atoms with Crippen molar-refractivity contribution in [3.63, 3.8) is 0 Å². The van der Waals surface area contributed by atoms with Crippen molar-refractivity contribution in [2.24, 2.45) is 11.8 Å². The van der Waals surface area contributed by atoms with Gasteiger partial charge in [-0.2, -0.15) is 0 Å². The summed E-state index contributed by atoms with van der Waals surface area (Å²) in [6.45, 7) is 0. The number of carbonyl (C=O) groups is 1. The zero-order valence-electron chi connectivity index (χ0n) is 9.67. The SMILES string of the molecule is O=C(c1ccccc1)[C@]1(O)C[C@@H]2C=C[C@H]1CC2. The molecule has 0 saturated heterocycles. The van der Waals surface area contributed by atoms with Gasteiger partial charge in [-0.3, -0.25) is 4.79 Å². The molecule has 1 aromatic rings. The number of rotatable bonds is 2. The van der Waals surface area contributed by atoms with Crippen LogP contribution in [0, 0.1) is 11.8 Å². The molecule has 0 heterocycles. The second-order valence-electron chi connectivity index (χ2n) is 5.15. The van der Waals surface area contributed by atoms with E-state index < -0.39 is 5.60 Å². The molecule has 0 spiro atoms. The van der Waals surface area contributed by atoms with Crippen LogP contribution in [0.3, 0.4) is 0 Å². The Morgan fingerprint density at radius 2 is 1.94 bits per heavy atom. The maximum Gasteiger partial charge on any atom is 0.194 e. The predicted octanol–water partition coefficient (Wildman–Crippen LogP) is 2.59. The maximum atomic E-state index is 12.4. The molecule has 2 bridgehead atoms. The van der Waals surface area contributed by atoms with E-state index in [-0.39, 0.29) is 11.7 Å². The van der Waals surface area contributed by atoms with Gasteiger partial charge in [0, 0.05) is 11.5 Å². The van der Waals surface area contributed by atoms with E-state index in [1.165, 1.54) is 0 Å². The van der Waals surface area contributed by atoms with Gasteiger partial charge in [-0.1, -0.05) is 42.5 Å². The van der Waals surface area contributed by atoms with Gasteiger partial charge in [0.1, 0.15) is 5.60 Å². The molecule has 0 aromatic heterocycles. The van der Waals surface area contributed by atoms with Crippen molar-refractivity contribution in [2.45, 2.75) is 24.9 Å². The summed E-state index contributed by atoms with van der Waals surface area (Å²) in [5.41, 5.74) is -0.546. The van der Waals surface area contributed by atoms with Gasteiger partial charge < -0.3 is 5.11 Å². The van der Waals surface area contributed by atoms with Gasteiger partial charge in [0.2, 0.25) is 0 Å². The molecule has 0 aliphatic heterocycles. The molecular weight excluding hydrogens is 212 g/mol. The van der Waals surface area contributed by atoms with Crippen LogP contribution in [0.25, 0.3) is 0 Å². The number of ketones is 1. The Morgan fingerprint density at radius 3 is 2.47 bits per heavy atom. The van der Waals surface area contributed by atoms with Gasteiger partial charge in [0.05, 0.1) is 0 Å². The molecule has 1 N–H and O–H groups in total. The summed E-state index contributed by atoms with van der Waals surface area (Å²) in [7, 11) is 0. The van der Waals surface area contributed by atoms with Crippen molar-refractivity contribution in [1.29, 1.82) is 0 Å². The summed E-state index contributed by atoms with van der Waals surface area (Å²) >= 11 is 0. The monoisotopic (exact) mass is 228 g/mol. The van der Waals surface area contributed by atoms with E-state index in [1.807, 2.05) is 24.3 Å². The second-order valence-corrected chi connectivity index (χ2v) is 5.15. The first-order valence-corrected chi connectivity index (χ1v) is 6.21. The Hall–Kier alpha value is -1.41. The van der Waals surface area contributed by atoms with Crippen molar-refractivity contribution >= 4 is 5.78 Å². The standard InChI is InChI=1S/C15H16O2/c16-14(12-4-2-1-3-5-12)15(17)10-11-6-8-13(15)9-7-11/h1-6,8,11,13,17H,7,9-10H2/t11-,13+,15+/m1/s1. The van der Waals surface area contributed by atoms with Gasteiger partial charge in [-0.15, -0.1) is 0 Å². The van der Waals surface area contributed by atoms with Crippen molar-refractivity contribution in [1.82, 2.24) is 0 Å². The molecule has 3 aliphatic carbocycles. The fourth-order valence-corrected chi connectivity index (χ4v) is 3.10. The summed E-state index contributed by atoms with van der Waals surface area (Å²) < 4.78 is 0. The highest BCUT2D eigenvalue weighted by Gasteiger charge is 2.48. The van der Waals surface area contributed by atoms with Crippen LogP contribution in [0.4, 0.5) is 0 Å². The molecular formula is C15H16O2. The maximum absolute atomic E-state index is 12.4. The number of allylic oxidation sites excluding steroid dienone is 1. The fraction of sp³-hybridized carbons (Fsp3) is 0.400. The molecule has 0 amide bonds. The fourth-order valence-electron chi connectivity index (χ4n) is 3.10. The van der Waals surface area contributed by atoms with Gasteiger partial charge in [0.15, 0.2) is 5.78 Å². The molecule has 0 radical (unpaired) electrons. The number of aliphatic hydroxyl groups is 1. The zero-order chi connectivity index (χ0) is 11.9. The average Bonchev–Trinajstić information content (AvgIpc) is 2.40. The highest BCUT2D eigenvalue weighted by atomic mass is 16.3. The molecule has 1 fully saturated rings. The summed E-state index contributed by atoms with van der Waals surface area (Å²) in [6, 6.07) is 9.13. The number of fused-ring (bicyclic) bond motifs is 2. The van der Waals surface area contributed by atoms with Gasteiger partial charge in [-0.05, 0) is 25.2 Å². The lowest BCUT2D eigenvalue weighted by molar-refractivity contribution is -0.0266. The van der Waals surface area contributed by atoms with E-state index >= 15 is 0 Å². The molecule has 17 heavy (non-hydrogen) atoms. The molecule has 2 nitrogen and oxygen atoms in total. The van der Waals surface area contributed by atoms with E-state index in [2.05, 4.69) is 6.08 Å². The number of hydrogen-bond acceptors (Lipinski definition) is 2. The largest absolute Gasteiger partial charge is 0.381 e. The van der Waals surface area contributed by atoms with Crippen LogP contribution in [0.5, 0.6) is 0 Å². The quantitative estimate of drug-likeness (QED) is 0.624. The van der Waals surface area contributed by atoms with Gasteiger partial charge >= 0.3 is 0 Å². The topological polar surface area (TPSA) is 37.3 Å². The third-order valence-corrected chi connectivity index (χ3v) is 4.08. The van der Waals surface area contributed by atoms with Crippen molar-refractivity contribution in [3.05, 3.63) is 48.0 Å². The number of carbonyl (C=O) groups excluding carboxylic acids is 1. The summed E-state index contributed by atoms with van der Waals surface area (Å²) in [5, 5.41) is 10.7. The lowest BCUT2D eigenvalue weighted by Crippen LogP contribution is -2.51.